The van der Waals surface area contributed by atoms with Gasteiger partial charge in [-0.3, -0.25) is 0 Å². The molecule has 0 aliphatic heterocycles. The lowest BCUT2D eigenvalue weighted by molar-refractivity contribution is -0.415. The maximum Gasteiger partial charge on any atom is 0.460 e. The molecule has 0 heterocycles. The first-order chi connectivity index (χ1) is 9.06. The second-order valence-electron chi connectivity index (χ2n) is 4.95. The molecule has 1 N–H and O–H groups in total. The van der Waals surface area contributed by atoms with Crippen LogP contribution in [0, 0.1) is 0 Å². The first-order valence-electron chi connectivity index (χ1n) is 5.99. The van der Waals surface area contributed by atoms with Gasteiger partial charge in [-0.25, -0.2) is 0 Å². The molecule has 0 amide bonds. The van der Waals surface area contributed by atoms with Gasteiger partial charge in [0.05, 0.1) is 0 Å². The van der Waals surface area contributed by atoms with Gasteiger partial charge in [-0.1, -0.05) is 26.2 Å². The molecular formula is C11H15F9O. The predicted octanol–water partition coefficient (Wildman–Crippen LogP) is 4.79. The summed E-state index contributed by atoms with van der Waals surface area (Å²) in [4.78, 5) is 0. The molecule has 0 aromatic heterocycles. The number of aliphatic hydroxyl groups is 1. The third kappa shape index (κ3) is 3.40. The van der Waals surface area contributed by atoms with Crippen LogP contribution < -0.4 is 0 Å². The molecule has 0 aromatic rings. The van der Waals surface area contributed by atoms with Gasteiger partial charge in [0.25, 0.3) is 0 Å². The highest BCUT2D eigenvalue weighted by Gasteiger charge is 2.84. The average molecular weight is 334 g/mol. The van der Waals surface area contributed by atoms with Gasteiger partial charge in [-0.15, -0.1) is 0 Å². The number of halogens is 9. The minimum atomic E-state index is -6.97. The summed E-state index contributed by atoms with van der Waals surface area (Å²) < 4.78 is 114. The third-order valence-electron chi connectivity index (χ3n) is 3.09. The Hall–Kier alpha value is -0.670. The van der Waals surface area contributed by atoms with Gasteiger partial charge in [-0.05, 0) is 13.3 Å². The van der Waals surface area contributed by atoms with Crippen LogP contribution in [0.1, 0.15) is 39.5 Å². The van der Waals surface area contributed by atoms with Crippen LogP contribution in [0.2, 0.25) is 0 Å². The van der Waals surface area contributed by atoms with Crippen molar-refractivity contribution in [3.8, 4) is 0 Å². The Morgan fingerprint density at radius 3 is 1.48 bits per heavy atom. The molecule has 0 spiro atoms. The van der Waals surface area contributed by atoms with Crippen molar-refractivity contribution in [1.82, 2.24) is 0 Å². The zero-order valence-electron chi connectivity index (χ0n) is 11.2. The van der Waals surface area contributed by atoms with E-state index in [1.165, 1.54) is 0 Å². The van der Waals surface area contributed by atoms with Crippen molar-refractivity contribution in [2.75, 3.05) is 0 Å². The van der Waals surface area contributed by atoms with Crippen molar-refractivity contribution in [2.45, 2.75) is 69.1 Å². The van der Waals surface area contributed by atoms with E-state index in [-0.39, 0.29) is 19.8 Å². The maximum atomic E-state index is 13.5. The predicted molar refractivity (Wildman–Crippen MR) is 55.7 cm³/mol. The number of unbranched alkanes of at least 4 members (excludes halogenated alkanes) is 2. The van der Waals surface area contributed by atoms with Gasteiger partial charge in [-0.2, -0.15) is 39.5 Å². The van der Waals surface area contributed by atoms with Gasteiger partial charge in [0.15, 0.2) is 0 Å². The van der Waals surface area contributed by atoms with Crippen LogP contribution >= 0.6 is 0 Å². The van der Waals surface area contributed by atoms with Crippen LogP contribution in [-0.2, 0) is 0 Å². The normalized spacial score (nSPS) is 17.7. The zero-order valence-corrected chi connectivity index (χ0v) is 11.2. The fourth-order valence-electron chi connectivity index (χ4n) is 1.59. The Labute approximate surface area is 115 Å². The molecule has 0 aromatic carbocycles. The van der Waals surface area contributed by atoms with Crippen molar-refractivity contribution in [2.24, 2.45) is 0 Å². The molecule has 0 saturated heterocycles. The monoisotopic (exact) mass is 334 g/mol. The van der Waals surface area contributed by atoms with Crippen molar-refractivity contribution in [3.05, 3.63) is 0 Å². The third-order valence-corrected chi connectivity index (χ3v) is 3.09. The van der Waals surface area contributed by atoms with E-state index < -0.39 is 36.0 Å². The van der Waals surface area contributed by atoms with Crippen LogP contribution in [0.3, 0.4) is 0 Å². The van der Waals surface area contributed by atoms with Crippen LogP contribution in [0.5, 0.6) is 0 Å². The second-order valence-corrected chi connectivity index (χ2v) is 4.95. The largest absolute Gasteiger partial charge is 0.460 e. The average Bonchev–Trinajstić information content (AvgIpc) is 2.26. The fourth-order valence-corrected chi connectivity index (χ4v) is 1.59. The topological polar surface area (TPSA) is 20.2 Å². The number of hydrogen-bond acceptors (Lipinski definition) is 1. The molecule has 0 radical (unpaired) electrons. The molecule has 1 atom stereocenters. The highest BCUT2D eigenvalue weighted by atomic mass is 19.4. The Kier molecular flexibility index (Phi) is 5.66. The maximum absolute atomic E-state index is 13.5. The first-order valence-corrected chi connectivity index (χ1v) is 5.99. The smallest absolute Gasteiger partial charge is 0.384 e. The lowest BCUT2D eigenvalue weighted by atomic mass is 9.85. The van der Waals surface area contributed by atoms with Gasteiger partial charge >= 0.3 is 23.9 Å². The Bertz CT molecular complexity index is 346. The minimum absolute atomic E-state index is 0.114. The van der Waals surface area contributed by atoms with E-state index in [0.29, 0.717) is 6.42 Å². The van der Waals surface area contributed by atoms with Crippen molar-refractivity contribution in [3.63, 3.8) is 0 Å². The van der Waals surface area contributed by atoms with E-state index in [1.54, 1.807) is 6.92 Å². The summed E-state index contributed by atoms with van der Waals surface area (Å²) in [7, 11) is 0. The molecule has 1 unspecified atom stereocenters. The van der Waals surface area contributed by atoms with Crippen LogP contribution in [0.4, 0.5) is 39.5 Å². The van der Waals surface area contributed by atoms with E-state index in [2.05, 4.69) is 0 Å². The Balaban J connectivity index is 5.55. The molecule has 128 valence electrons. The summed E-state index contributed by atoms with van der Waals surface area (Å²) >= 11 is 0. The van der Waals surface area contributed by atoms with Gasteiger partial charge < -0.3 is 5.11 Å². The summed E-state index contributed by atoms with van der Waals surface area (Å²) in [5.41, 5.74) is -3.71. The van der Waals surface area contributed by atoms with Crippen LogP contribution in [0.15, 0.2) is 0 Å². The minimum Gasteiger partial charge on any atom is -0.384 e. The molecule has 0 fully saturated rings. The molecular weight excluding hydrogens is 319 g/mol. The molecule has 0 aliphatic rings. The van der Waals surface area contributed by atoms with Crippen molar-refractivity contribution in [1.29, 1.82) is 0 Å². The number of hydrogen-bond donors (Lipinski definition) is 1. The number of alkyl halides is 9. The highest BCUT2D eigenvalue weighted by molar-refractivity contribution is 5.07. The van der Waals surface area contributed by atoms with E-state index >= 15 is 0 Å². The molecule has 0 bridgehead atoms. The Morgan fingerprint density at radius 2 is 1.14 bits per heavy atom. The fraction of sp³-hybridized carbons (Fsp3) is 1.00. The molecule has 1 nitrogen and oxygen atoms in total. The second kappa shape index (κ2) is 5.85. The summed E-state index contributed by atoms with van der Waals surface area (Å²) in [6.45, 7) is 1.72. The van der Waals surface area contributed by atoms with E-state index in [0.717, 1.165) is 0 Å². The van der Waals surface area contributed by atoms with Crippen LogP contribution in [-0.4, -0.2) is 34.7 Å². The van der Waals surface area contributed by atoms with Crippen molar-refractivity contribution >= 4 is 0 Å². The molecule has 0 rings (SSSR count). The van der Waals surface area contributed by atoms with Gasteiger partial charge in [0.1, 0.15) is 5.60 Å². The standard InChI is InChI=1S/C11H15F9O/c1-3-4-5-6-7(2,21)8(12,13)9(14,15)10(16,17)11(18,19)20/h21H,3-6H2,1-2H3. The molecule has 0 saturated carbocycles. The van der Waals surface area contributed by atoms with Gasteiger partial charge in [0.2, 0.25) is 0 Å². The number of rotatable bonds is 7. The quantitative estimate of drug-likeness (QED) is 0.524. The van der Waals surface area contributed by atoms with Crippen LogP contribution in [0.25, 0.3) is 0 Å². The van der Waals surface area contributed by atoms with E-state index in [4.69, 9.17) is 0 Å². The summed E-state index contributed by atoms with van der Waals surface area (Å²) in [6.07, 6.45) is -7.49. The molecule has 0 aliphatic carbocycles. The lowest BCUT2D eigenvalue weighted by Crippen LogP contribution is -2.67. The summed E-state index contributed by atoms with van der Waals surface area (Å²) in [5, 5.41) is 9.30. The SMILES string of the molecule is CCCCCC(C)(O)C(F)(F)C(F)(F)C(F)(F)C(F)(F)F. The molecule has 21 heavy (non-hydrogen) atoms. The molecule has 10 heteroatoms. The van der Waals surface area contributed by atoms with Gasteiger partial charge in [0, 0.05) is 0 Å². The zero-order chi connectivity index (χ0) is 17.3. The first kappa shape index (κ1) is 20.3. The summed E-state index contributed by atoms with van der Waals surface area (Å²) in [6, 6.07) is 0. The summed E-state index contributed by atoms with van der Waals surface area (Å²) in [5.74, 6) is -19.7. The lowest BCUT2D eigenvalue weighted by Gasteiger charge is -2.40. The van der Waals surface area contributed by atoms with E-state index in [9.17, 15) is 44.6 Å². The van der Waals surface area contributed by atoms with E-state index in [1.807, 2.05) is 0 Å². The Morgan fingerprint density at radius 1 is 0.714 bits per heavy atom. The van der Waals surface area contributed by atoms with Crippen molar-refractivity contribution < 1.29 is 44.6 Å². The highest BCUT2D eigenvalue weighted by Crippen LogP contribution is 2.56.